The fourth-order valence-corrected chi connectivity index (χ4v) is 4.32. The van der Waals surface area contributed by atoms with E-state index in [1.54, 1.807) is 6.07 Å². The van der Waals surface area contributed by atoms with Crippen molar-refractivity contribution in [3.05, 3.63) is 53.6 Å². The van der Waals surface area contributed by atoms with Crippen LogP contribution in [0.2, 0.25) is 0 Å². The van der Waals surface area contributed by atoms with Gasteiger partial charge in [-0.25, -0.2) is 4.39 Å². The largest absolute Gasteiger partial charge is 0.490 e. The Kier molecular flexibility index (Phi) is 7.47. The molecular formula is C25H32F2O. The van der Waals surface area contributed by atoms with Crippen molar-refractivity contribution in [3.8, 4) is 16.9 Å². The molecule has 0 aliphatic heterocycles. The molecule has 1 nitrogen and oxygen atoms in total. The Bertz CT molecular complexity index is 746. The fraction of sp³-hybridized carbons (Fsp3) is 0.520. The summed E-state index contributed by atoms with van der Waals surface area (Å²) in [6.07, 6.45) is 9.47. The van der Waals surface area contributed by atoms with Crippen LogP contribution in [-0.2, 0) is 0 Å². The fourth-order valence-electron chi connectivity index (χ4n) is 4.32. The smallest absolute Gasteiger partial charge is 0.201 e. The number of hydrogen-bond donors (Lipinski definition) is 0. The Morgan fingerprint density at radius 1 is 0.857 bits per heavy atom. The maximum atomic E-state index is 14.6. The molecule has 3 rings (SSSR count). The van der Waals surface area contributed by atoms with Gasteiger partial charge in [-0.15, -0.1) is 0 Å². The Labute approximate surface area is 168 Å². The predicted octanol–water partition coefficient (Wildman–Crippen LogP) is 7.88. The summed E-state index contributed by atoms with van der Waals surface area (Å²) in [7, 11) is 0. The van der Waals surface area contributed by atoms with E-state index in [2.05, 4.69) is 19.1 Å². The van der Waals surface area contributed by atoms with Crippen molar-refractivity contribution in [1.29, 1.82) is 0 Å². The second kappa shape index (κ2) is 10.0. The number of hydrogen-bond acceptors (Lipinski definition) is 1. The highest BCUT2D eigenvalue weighted by molar-refractivity contribution is 5.65. The van der Waals surface area contributed by atoms with Crippen molar-refractivity contribution in [2.24, 2.45) is 5.92 Å². The summed E-state index contributed by atoms with van der Waals surface area (Å²) in [6.45, 7) is 4.70. The Morgan fingerprint density at radius 2 is 1.57 bits per heavy atom. The van der Waals surface area contributed by atoms with Crippen molar-refractivity contribution in [1.82, 2.24) is 0 Å². The minimum Gasteiger partial charge on any atom is -0.490 e. The quantitative estimate of drug-likeness (QED) is 0.419. The van der Waals surface area contributed by atoms with E-state index < -0.39 is 11.6 Å². The first kappa shape index (κ1) is 20.8. The first-order valence-electron chi connectivity index (χ1n) is 10.8. The van der Waals surface area contributed by atoms with Crippen LogP contribution in [0, 0.1) is 17.6 Å². The molecule has 2 aromatic carbocycles. The van der Waals surface area contributed by atoms with Gasteiger partial charge in [0, 0.05) is 5.56 Å². The number of rotatable bonds is 8. The Morgan fingerprint density at radius 3 is 2.21 bits per heavy atom. The molecule has 2 aromatic rings. The van der Waals surface area contributed by atoms with Crippen LogP contribution < -0.4 is 4.74 Å². The summed E-state index contributed by atoms with van der Waals surface area (Å²) in [4.78, 5) is 0. The lowest BCUT2D eigenvalue weighted by Gasteiger charge is -2.28. The van der Waals surface area contributed by atoms with Crippen LogP contribution >= 0.6 is 0 Å². The normalized spacial score (nSPS) is 19.6. The molecule has 28 heavy (non-hydrogen) atoms. The minimum atomic E-state index is -0.896. The molecule has 0 aromatic heterocycles. The van der Waals surface area contributed by atoms with Gasteiger partial charge in [-0.05, 0) is 67.2 Å². The Hall–Kier alpha value is -1.90. The van der Waals surface area contributed by atoms with E-state index in [-0.39, 0.29) is 5.75 Å². The van der Waals surface area contributed by atoms with E-state index in [9.17, 15) is 8.78 Å². The van der Waals surface area contributed by atoms with Gasteiger partial charge in [-0.1, -0.05) is 57.4 Å². The average molecular weight is 387 g/mol. The molecule has 0 saturated heterocycles. The molecule has 0 unspecified atom stereocenters. The van der Waals surface area contributed by atoms with Crippen LogP contribution in [0.15, 0.2) is 36.4 Å². The third-order valence-corrected chi connectivity index (χ3v) is 6.04. The standard InChI is InChI=1S/C25H32F2O/c1-3-5-17-28-23-16-15-22(24(26)25(23)27)21-13-11-20(12-14-21)19-9-7-18(6-4-2)8-10-19/h11-16,18-19H,3-10,17H2,1-2H3. The van der Waals surface area contributed by atoms with Gasteiger partial charge in [0.1, 0.15) is 0 Å². The predicted molar refractivity (Wildman–Crippen MR) is 112 cm³/mol. The van der Waals surface area contributed by atoms with Crippen molar-refractivity contribution >= 4 is 0 Å². The van der Waals surface area contributed by atoms with Gasteiger partial charge in [0.25, 0.3) is 0 Å². The number of benzene rings is 2. The molecule has 0 heterocycles. The highest BCUT2D eigenvalue weighted by Crippen LogP contribution is 2.38. The molecule has 0 bridgehead atoms. The number of ether oxygens (including phenoxy) is 1. The highest BCUT2D eigenvalue weighted by atomic mass is 19.2. The monoisotopic (exact) mass is 386 g/mol. The van der Waals surface area contributed by atoms with Gasteiger partial charge in [0.05, 0.1) is 6.61 Å². The van der Waals surface area contributed by atoms with E-state index in [4.69, 9.17) is 4.74 Å². The molecule has 1 aliphatic carbocycles. The third-order valence-electron chi connectivity index (χ3n) is 6.04. The molecular weight excluding hydrogens is 354 g/mol. The molecule has 152 valence electrons. The van der Waals surface area contributed by atoms with Crippen LogP contribution in [0.1, 0.15) is 76.7 Å². The molecule has 0 N–H and O–H groups in total. The van der Waals surface area contributed by atoms with E-state index in [1.807, 2.05) is 19.1 Å². The lowest BCUT2D eigenvalue weighted by molar-refractivity contribution is 0.289. The van der Waals surface area contributed by atoms with Gasteiger partial charge in [-0.2, -0.15) is 4.39 Å². The number of unbranched alkanes of at least 4 members (excludes halogenated alkanes) is 1. The third kappa shape index (κ3) is 4.92. The lowest BCUT2D eigenvalue weighted by atomic mass is 9.77. The van der Waals surface area contributed by atoms with Gasteiger partial charge in [0.15, 0.2) is 11.6 Å². The van der Waals surface area contributed by atoms with E-state index in [0.29, 0.717) is 23.7 Å². The summed E-state index contributed by atoms with van der Waals surface area (Å²) in [5.74, 6) is -0.252. The van der Waals surface area contributed by atoms with E-state index in [0.717, 1.165) is 18.8 Å². The maximum Gasteiger partial charge on any atom is 0.201 e. The molecule has 0 radical (unpaired) electrons. The highest BCUT2D eigenvalue weighted by Gasteiger charge is 2.22. The van der Waals surface area contributed by atoms with Gasteiger partial charge in [0.2, 0.25) is 5.82 Å². The molecule has 1 saturated carbocycles. The second-order valence-corrected chi connectivity index (χ2v) is 8.07. The summed E-state index contributed by atoms with van der Waals surface area (Å²) in [6, 6.07) is 11.2. The van der Waals surface area contributed by atoms with Crippen LogP contribution in [0.4, 0.5) is 8.78 Å². The second-order valence-electron chi connectivity index (χ2n) is 8.07. The van der Waals surface area contributed by atoms with Crippen molar-refractivity contribution in [3.63, 3.8) is 0 Å². The van der Waals surface area contributed by atoms with Gasteiger partial charge in [-0.3, -0.25) is 0 Å². The topological polar surface area (TPSA) is 9.23 Å². The summed E-state index contributed by atoms with van der Waals surface area (Å²) in [5.41, 5.74) is 2.32. The Balaban J connectivity index is 1.69. The van der Waals surface area contributed by atoms with Crippen LogP contribution in [0.25, 0.3) is 11.1 Å². The van der Waals surface area contributed by atoms with Crippen LogP contribution in [-0.4, -0.2) is 6.61 Å². The van der Waals surface area contributed by atoms with Crippen LogP contribution in [0.5, 0.6) is 5.75 Å². The molecule has 1 fully saturated rings. The molecule has 0 spiro atoms. The SMILES string of the molecule is CCCCOc1ccc(-c2ccc(C3CCC(CCC)CC3)cc2)c(F)c1F. The first-order chi connectivity index (χ1) is 13.6. The zero-order valence-corrected chi connectivity index (χ0v) is 17.1. The maximum absolute atomic E-state index is 14.6. The minimum absolute atomic E-state index is 0.00448. The van der Waals surface area contributed by atoms with Crippen molar-refractivity contribution in [2.75, 3.05) is 6.61 Å². The molecule has 1 aliphatic rings. The average Bonchev–Trinajstić information content (AvgIpc) is 2.72. The molecule has 3 heteroatoms. The van der Waals surface area contributed by atoms with E-state index in [1.165, 1.54) is 50.2 Å². The summed E-state index contributed by atoms with van der Waals surface area (Å²) >= 11 is 0. The molecule has 0 amide bonds. The van der Waals surface area contributed by atoms with Crippen molar-refractivity contribution in [2.45, 2.75) is 71.1 Å². The van der Waals surface area contributed by atoms with Gasteiger partial charge < -0.3 is 4.74 Å². The zero-order chi connectivity index (χ0) is 19.9. The summed E-state index contributed by atoms with van der Waals surface area (Å²) < 4.78 is 34.3. The van der Waals surface area contributed by atoms with Gasteiger partial charge >= 0.3 is 0 Å². The van der Waals surface area contributed by atoms with E-state index >= 15 is 0 Å². The zero-order valence-electron chi connectivity index (χ0n) is 17.1. The first-order valence-corrected chi connectivity index (χ1v) is 10.8. The van der Waals surface area contributed by atoms with Crippen LogP contribution in [0.3, 0.4) is 0 Å². The molecule has 0 atom stereocenters. The van der Waals surface area contributed by atoms with Crippen molar-refractivity contribution < 1.29 is 13.5 Å². The number of halogens is 2. The summed E-state index contributed by atoms with van der Waals surface area (Å²) in [5, 5.41) is 0. The lowest BCUT2D eigenvalue weighted by Crippen LogP contribution is -2.13.